The van der Waals surface area contributed by atoms with Crippen LogP contribution in [0.3, 0.4) is 0 Å². The zero-order chi connectivity index (χ0) is 18.4. The molecule has 1 amide bonds. The van der Waals surface area contributed by atoms with Gasteiger partial charge >= 0.3 is 0 Å². The molecule has 2 N–H and O–H groups in total. The van der Waals surface area contributed by atoms with Gasteiger partial charge in [0.15, 0.2) is 0 Å². The average Bonchev–Trinajstić information content (AvgIpc) is 2.72. The van der Waals surface area contributed by atoms with Crippen molar-refractivity contribution in [2.45, 2.75) is 19.4 Å². The van der Waals surface area contributed by atoms with Crippen molar-refractivity contribution in [3.63, 3.8) is 0 Å². The number of hydrogen-bond acceptors (Lipinski definition) is 4. The molecule has 2 aromatic carbocycles. The van der Waals surface area contributed by atoms with Gasteiger partial charge < -0.3 is 15.3 Å². The second-order valence-electron chi connectivity index (χ2n) is 6.69. The van der Waals surface area contributed by atoms with E-state index in [1.807, 2.05) is 47.4 Å². The van der Waals surface area contributed by atoms with Crippen molar-refractivity contribution in [3.05, 3.63) is 65.2 Å². The number of amides is 1. The Labute approximate surface area is 153 Å². The van der Waals surface area contributed by atoms with Crippen LogP contribution in [0.5, 0.6) is 0 Å². The minimum atomic E-state index is 0.0123. The summed E-state index contributed by atoms with van der Waals surface area (Å²) >= 11 is 0. The molecule has 1 aliphatic rings. The fourth-order valence-electron chi connectivity index (χ4n) is 3.30. The topological polar surface area (TPSA) is 76.4 Å². The van der Waals surface area contributed by atoms with Gasteiger partial charge in [0.05, 0.1) is 11.6 Å². The Morgan fingerprint density at radius 2 is 2.12 bits per heavy atom. The van der Waals surface area contributed by atoms with Crippen molar-refractivity contribution in [1.29, 1.82) is 5.26 Å². The third-order valence-corrected chi connectivity index (χ3v) is 4.73. The molecule has 1 atom stereocenters. The summed E-state index contributed by atoms with van der Waals surface area (Å²) in [5.74, 6) is 0.194. The van der Waals surface area contributed by atoms with Crippen molar-refractivity contribution in [3.8, 4) is 6.07 Å². The van der Waals surface area contributed by atoms with Crippen molar-refractivity contribution in [2.75, 3.05) is 25.0 Å². The summed E-state index contributed by atoms with van der Waals surface area (Å²) < 4.78 is 0. The van der Waals surface area contributed by atoms with Gasteiger partial charge in [-0.15, -0.1) is 0 Å². The summed E-state index contributed by atoms with van der Waals surface area (Å²) in [6.45, 7) is 2.08. The summed E-state index contributed by atoms with van der Waals surface area (Å²) in [6, 6.07) is 17.1. The third kappa shape index (κ3) is 4.41. The molecule has 0 saturated carbocycles. The molecule has 0 spiro atoms. The Bertz CT molecular complexity index is 813. The molecule has 0 aliphatic carbocycles. The number of anilines is 1. The van der Waals surface area contributed by atoms with Crippen LogP contribution in [0, 0.1) is 17.2 Å². The Kier molecular flexibility index (Phi) is 5.88. The minimum absolute atomic E-state index is 0.0123. The van der Waals surface area contributed by atoms with Crippen LogP contribution in [0.25, 0.3) is 0 Å². The first-order valence-corrected chi connectivity index (χ1v) is 8.92. The molecular formula is C21H23N3O2. The number of nitriles is 1. The lowest BCUT2D eigenvalue weighted by Crippen LogP contribution is -2.40. The lowest BCUT2D eigenvalue weighted by atomic mass is 9.98. The minimum Gasteiger partial charge on any atom is -0.396 e. The Balaban J connectivity index is 1.66. The molecule has 0 bridgehead atoms. The molecule has 0 radical (unpaired) electrons. The monoisotopic (exact) mass is 349 g/mol. The number of rotatable bonds is 5. The van der Waals surface area contributed by atoms with E-state index in [2.05, 4.69) is 11.4 Å². The van der Waals surface area contributed by atoms with Crippen LogP contribution >= 0.6 is 0 Å². The van der Waals surface area contributed by atoms with Crippen LogP contribution < -0.4 is 5.32 Å². The number of nitrogens with one attached hydrogen (secondary N) is 1. The third-order valence-electron chi connectivity index (χ3n) is 4.73. The van der Waals surface area contributed by atoms with E-state index in [4.69, 9.17) is 5.26 Å². The molecule has 3 rings (SSSR count). The van der Waals surface area contributed by atoms with Crippen molar-refractivity contribution >= 4 is 11.6 Å². The smallest absolute Gasteiger partial charge is 0.253 e. The highest BCUT2D eigenvalue weighted by molar-refractivity contribution is 5.95. The second kappa shape index (κ2) is 8.50. The molecular weight excluding hydrogens is 326 g/mol. The second-order valence-corrected chi connectivity index (χ2v) is 6.69. The van der Waals surface area contributed by atoms with E-state index in [1.165, 1.54) is 0 Å². The van der Waals surface area contributed by atoms with E-state index in [0.29, 0.717) is 24.2 Å². The molecule has 2 aromatic rings. The average molecular weight is 349 g/mol. The number of aliphatic hydroxyl groups excluding tert-OH is 1. The molecule has 0 aromatic heterocycles. The molecule has 5 nitrogen and oxygen atoms in total. The fraction of sp³-hybridized carbons (Fsp3) is 0.333. The van der Waals surface area contributed by atoms with E-state index in [0.717, 1.165) is 30.6 Å². The largest absolute Gasteiger partial charge is 0.396 e. The van der Waals surface area contributed by atoms with Gasteiger partial charge in [-0.2, -0.15) is 5.26 Å². The fourth-order valence-corrected chi connectivity index (χ4v) is 3.30. The SMILES string of the molecule is N#Cc1cccc(CNc2cccc(C(=O)N3CCCC(CO)C3)c2)c1. The Morgan fingerprint density at radius 1 is 1.27 bits per heavy atom. The van der Waals surface area contributed by atoms with Crippen LogP contribution in [-0.2, 0) is 6.54 Å². The van der Waals surface area contributed by atoms with Gasteiger partial charge in [-0.05, 0) is 54.7 Å². The number of carbonyl (C=O) groups is 1. The Hall–Kier alpha value is -2.84. The first kappa shape index (κ1) is 18.0. The van der Waals surface area contributed by atoms with Gasteiger partial charge in [-0.25, -0.2) is 0 Å². The van der Waals surface area contributed by atoms with Crippen LogP contribution in [0.4, 0.5) is 5.69 Å². The van der Waals surface area contributed by atoms with Gasteiger partial charge in [0.2, 0.25) is 0 Å². The van der Waals surface area contributed by atoms with Crippen molar-refractivity contribution in [2.24, 2.45) is 5.92 Å². The normalized spacial score (nSPS) is 16.8. The number of piperidine rings is 1. The maximum absolute atomic E-state index is 12.8. The molecule has 1 fully saturated rings. The summed E-state index contributed by atoms with van der Waals surface area (Å²) in [5.41, 5.74) is 3.17. The number of benzene rings is 2. The highest BCUT2D eigenvalue weighted by atomic mass is 16.3. The number of likely N-dealkylation sites (tertiary alicyclic amines) is 1. The van der Waals surface area contributed by atoms with Crippen LogP contribution in [0.1, 0.15) is 34.3 Å². The van der Waals surface area contributed by atoms with Gasteiger partial charge in [0.25, 0.3) is 5.91 Å². The molecule has 1 unspecified atom stereocenters. The van der Waals surface area contributed by atoms with E-state index in [9.17, 15) is 9.90 Å². The maximum Gasteiger partial charge on any atom is 0.253 e. The molecule has 26 heavy (non-hydrogen) atoms. The van der Waals surface area contributed by atoms with Crippen LogP contribution in [0.15, 0.2) is 48.5 Å². The zero-order valence-corrected chi connectivity index (χ0v) is 14.7. The summed E-state index contributed by atoms with van der Waals surface area (Å²) in [7, 11) is 0. The first-order valence-electron chi connectivity index (χ1n) is 8.92. The van der Waals surface area contributed by atoms with Gasteiger partial charge in [-0.1, -0.05) is 18.2 Å². The van der Waals surface area contributed by atoms with Crippen LogP contribution in [-0.4, -0.2) is 35.6 Å². The van der Waals surface area contributed by atoms with E-state index >= 15 is 0 Å². The van der Waals surface area contributed by atoms with Gasteiger partial charge in [0.1, 0.15) is 0 Å². The predicted octanol–water partition coefficient (Wildman–Crippen LogP) is 3.01. The highest BCUT2D eigenvalue weighted by Crippen LogP contribution is 2.20. The highest BCUT2D eigenvalue weighted by Gasteiger charge is 2.24. The number of carbonyl (C=O) groups excluding carboxylic acids is 1. The predicted molar refractivity (Wildman–Crippen MR) is 101 cm³/mol. The molecule has 1 saturated heterocycles. The van der Waals surface area contributed by atoms with Gasteiger partial charge in [0, 0.05) is 37.5 Å². The Morgan fingerprint density at radius 3 is 2.92 bits per heavy atom. The molecule has 5 heteroatoms. The van der Waals surface area contributed by atoms with Crippen LogP contribution in [0.2, 0.25) is 0 Å². The number of hydrogen-bond donors (Lipinski definition) is 2. The molecule has 1 heterocycles. The van der Waals surface area contributed by atoms with Gasteiger partial charge in [-0.3, -0.25) is 4.79 Å². The van der Waals surface area contributed by atoms with E-state index in [1.54, 1.807) is 6.07 Å². The standard InChI is InChI=1S/C21H23N3O2/c22-12-16-4-1-5-17(10-16)13-23-20-8-2-7-19(11-20)21(26)24-9-3-6-18(14-24)15-25/h1-2,4-5,7-8,10-11,18,23,25H,3,6,9,13-15H2. The quantitative estimate of drug-likeness (QED) is 0.870. The zero-order valence-electron chi connectivity index (χ0n) is 14.7. The van der Waals surface area contributed by atoms with E-state index < -0.39 is 0 Å². The van der Waals surface area contributed by atoms with Crippen molar-refractivity contribution in [1.82, 2.24) is 4.90 Å². The van der Waals surface area contributed by atoms with Crippen molar-refractivity contribution < 1.29 is 9.90 Å². The summed E-state index contributed by atoms with van der Waals surface area (Å²) in [6.07, 6.45) is 1.91. The number of nitrogens with zero attached hydrogens (tertiary/aromatic N) is 2. The maximum atomic E-state index is 12.8. The summed E-state index contributed by atoms with van der Waals surface area (Å²) in [4.78, 5) is 14.6. The lowest BCUT2D eigenvalue weighted by molar-refractivity contribution is 0.0621. The van der Waals surface area contributed by atoms with E-state index in [-0.39, 0.29) is 18.4 Å². The number of aliphatic hydroxyl groups is 1. The molecule has 134 valence electrons. The first-order chi connectivity index (χ1) is 12.7. The lowest BCUT2D eigenvalue weighted by Gasteiger charge is -2.32. The molecule has 1 aliphatic heterocycles. The summed E-state index contributed by atoms with van der Waals surface area (Å²) in [5, 5.41) is 21.6.